The number of esters is 1. The lowest BCUT2D eigenvalue weighted by Gasteiger charge is -2.48. The Morgan fingerprint density at radius 1 is 1.06 bits per heavy atom. The molecule has 0 atom stereocenters. The second-order valence-electron chi connectivity index (χ2n) is 8.84. The highest BCUT2D eigenvalue weighted by Gasteiger charge is 2.39. The zero-order chi connectivity index (χ0) is 22.3. The molecule has 31 heavy (non-hydrogen) atoms. The van der Waals surface area contributed by atoms with Gasteiger partial charge in [0.25, 0.3) is 5.91 Å². The molecule has 1 aliphatic carbocycles. The summed E-state index contributed by atoms with van der Waals surface area (Å²) < 4.78 is 36.0. The molecule has 2 heterocycles. The normalized spacial score (nSPS) is 23.9. The van der Waals surface area contributed by atoms with Crippen LogP contribution in [0.1, 0.15) is 51.9 Å². The molecule has 3 rings (SSSR count). The van der Waals surface area contributed by atoms with E-state index in [4.69, 9.17) is 9.47 Å². The molecule has 0 unspecified atom stereocenters. The molecule has 0 aromatic rings. The van der Waals surface area contributed by atoms with Gasteiger partial charge in [-0.3, -0.25) is 14.5 Å². The van der Waals surface area contributed by atoms with Crippen molar-refractivity contribution in [3.8, 4) is 0 Å². The molecule has 1 N–H and O–H groups in total. The number of carbonyl (C=O) groups excluding carboxylic acids is 2. The van der Waals surface area contributed by atoms with Gasteiger partial charge in [-0.15, -0.1) is 0 Å². The third kappa shape index (κ3) is 6.40. The molecule has 178 valence electrons. The summed E-state index contributed by atoms with van der Waals surface area (Å²) in [6.45, 7) is 5.77. The molecule has 3 aliphatic rings. The maximum atomic E-state index is 12.4. The predicted molar refractivity (Wildman–Crippen MR) is 116 cm³/mol. The number of ether oxygens (including phenoxy) is 2. The van der Waals surface area contributed by atoms with Crippen molar-refractivity contribution in [3.05, 3.63) is 0 Å². The largest absolute Gasteiger partial charge is 0.455 e. The van der Waals surface area contributed by atoms with Crippen molar-refractivity contribution in [2.24, 2.45) is 5.92 Å². The molecule has 0 spiro atoms. The lowest BCUT2D eigenvalue weighted by atomic mass is 9.79. The quantitative estimate of drug-likeness (QED) is 0.534. The third-order valence-corrected chi connectivity index (χ3v) is 8.85. The minimum Gasteiger partial charge on any atom is -0.455 e. The zero-order valence-corrected chi connectivity index (χ0v) is 19.5. The molecule has 0 aromatic carbocycles. The summed E-state index contributed by atoms with van der Waals surface area (Å²) in [5, 5.41) is 3.00. The van der Waals surface area contributed by atoms with Gasteiger partial charge in [-0.1, -0.05) is 19.3 Å². The Morgan fingerprint density at radius 3 is 2.32 bits per heavy atom. The van der Waals surface area contributed by atoms with E-state index in [1.54, 1.807) is 6.92 Å². The van der Waals surface area contributed by atoms with Crippen molar-refractivity contribution in [2.45, 2.75) is 57.4 Å². The number of hydrogen-bond donors (Lipinski definition) is 1. The maximum Gasteiger partial charge on any atom is 0.309 e. The van der Waals surface area contributed by atoms with Crippen LogP contribution < -0.4 is 5.32 Å². The Balaban J connectivity index is 1.42. The summed E-state index contributed by atoms with van der Waals surface area (Å²) in [6, 6.07) is 0. The first-order valence-corrected chi connectivity index (χ1v) is 13.2. The Hall–Kier alpha value is -1.23. The van der Waals surface area contributed by atoms with Gasteiger partial charge in [-0.25, -0.2) is 12.7 Å². The number of nitrogens with one attached hydrogen (secondary N) is 1. The average molecular weight is 460 g/mol. The molecule has 0 radical (unpaired) electrons. The summed E-state index contributed by atoms with van der Waals surface area (Å²) in [4.78, 5) is 27.2. The maximum absolute atomic E-state index is 12.4. The van der Waals surface area contributed by atoms with Gasteiger partial charge in [0.2, 0.25) is 10.0 Å². The number of piperidine rings is 1. The minimum absolute atomic E-state index is 0.0285. The van der Waals surface area contributed by atoms with Crippen LogP contribution in [-0.4, -0.2) is 93.3 Å². The second-order valence-corrected chi connectivity index (χ2v) is 11.1. The van der Waals surface area contributed by atoms with Crippen molar-refractivity contribution >= 4 is 21.9 Å². The van der Waals surface area contributed by atoms with Crippen LogP contribution in [-0.2, 0) is 29.1 Å². The van der Waals surface area contributed by atoms with Crippen molar-refractivity contribution < 1.29 is 27.5 Å². The first-order chi connectivity index (χ1) is 14.9. The van der Waals surface area contributed by atoms with E-state index < -0.39 is 16.0 Å². The first kappa shape index (κ1) is 24.4. The van der Waals surface area contributed by atoms with E-state index in [9.17, 15) is 18.0 Å². The van der Waals surface area contributed by atoms with Crippen LogP contribution in [0.3, 0.4) is 0 Å². The number of nitrogens with zero attached hydrogens (tertiary/aromatic N) is 2. The van der Waals surface area contributed by atoms with Gasteiger partial charge in [0, 0.05) is 38.3 Å². The summed E-state index contributed by atoms with van der Waals surface area (Å²) in [6.07, 6.45) is 6.54. The van der Waals surface area contributed by atoms with Crippen molar-refractivity contribution in [1.82, 2.24) is 14.5 Å². The topological polar surface area (TPSA) is 105 Å². The Bertz CT molecular complexity index is 709. The first-order valence-electron chi connectivity index (χ1n) is 11.6. The zero-order valence-electron chi connectivity index (χ0n) is 18.6. The Morgan fingerprint density at radius 2 is 1.71 bits per heavy atom. The highest BCUT2D eigenvalue weighted by molar-refractivity contribution is 7.89. The van der Waals surface area contributed by atoms with Gasteiger partial charge < -0.3 is 14.8 Å². The van der Waals surface area contributed by atoms with Crippen LogP contribution in [0.25, 0.3) is 0 Å². The van der Waals surface area contributed by atoms with E-state index in [0.717, 1.165) is 52.0 Å². The summed E-state index contributed by atoms with van der Waals surface area (Å²) in [5.74, 6) is -0.982. The van der Waals surface area contributed by atoms with E-state index >= 15 is 0 Å². The van der Waals surface area contributed by atoms with Crippen LogP contribution in [0.5, 0.6) is 0 Å². The van der Waals surface area contributed by atoms with Crippen LogP contribution >= 0.6 is 0 Å². The van der Waals surface area contributed by atoms with Gasteiger partial charge in [0.1, 0.15) is 0 Å². The summed E-state index contributed by atoms with van der Waals surface area (Å²) in [7, 11) is -3.22. The molecule has 9 nitrogen and oxygen atoms in total. The molecule has 3 fully saturated rings. The molecule has 1 amide bonds. The smallest absolute Gasteiger partial charge is 0.309 e. The van der Waals surface area contributed by atoms with E-state index in [-0.39, 0.29) is 29.7 Å². The van der Waals surface area contributed by atoms with Crippen LogP contribution in [0.4, 0.5) is 0 Å². The second kappa shape index (κ2) is 11.1. The number of sulfonamides is 1. The highest BCUT2D eigenvalue weighted by Crippen LogP contribution is 2.33. The average Bonchev–Trinajstić information content (AvgIpc) is 2.82. The predicted octanol–water partition coefficient (Wildman–Crippen LogP) is 0.743. The summed E-state index contributed by atoms with van der Waals surface area (Å²) >= 11 is 0. The number of carbonyl (C=O) groups is 2. The monoisotopic (exact) mass is 459 g/mol. The van der Waals surface area contributed by atoms with Crippen LogP contribution in [0, 0.1) is 5.92 Å². The van der Waals surface area contributed by atoms with Crippen LogP contribution in [0.2, 0.25) is 0 Å². The van der Waals surface area contributed by atoms with Gasteiger partial charge in [-0.05, 0) is 32.6 Å². The standard InChI is InChI=1S/C21H37N3O6S/c1-2-31(27,28)24-10-6-18(7-11-24)20(26)30-16-19(25)22-17-21(8-4-3-5-9-21)23-12-14-29-15-13-23/h18H,2-17H2,1H3,(H,22,25). The van der Waals surface area contributed by atoms with E-state index in [0.29, 0.717) is 32.5 Å². The molecule has 10 heteroatoms. The molecule has 2 aliphatic heterocycles. The van der Waals surface area contributed by atoms with E-state index in [1.165, 1.54) is 10.7 Å². The van der Waals surface area contributed by atoms with E-state index in [1.807, 2.05) is 0 Å². The number of amides is 1. The Kier molecular flexibility index (Phi) is 8.72. The molecule has 0 bridgehead atoms. The van der Waals surface area contributed by atoms with Gasteiger partial charge in [0.15, 0.2) is 6.61 Å². The molecule has 0 aromatic heterocycles. The van der Waals surface area contributed by atoms with E-state index in [2.05, 4.69) is 10.2 Å². The lowest BCUT2D eigenvalue weighted by molar-refractivity contribution is -0.153. The van der Waals surface area contributed by atoms with Crippen molar-refractivity contribution in [1.29, 1.82) is 0 Å². The third-order valence-electron chi connectivity index (χ3n) is 6.97. The number of hydrogen-bond acceptors (Lipinski definition) is 7. The minimum atomic E-state index is -3.22. The number of morpholine rings is 1. The van der Waals surface area contributed by atoms with Crippen molar-refractivity contribution in [3.63, 3.8) is 0 Å². The van der Waals surface area contributed by atoms with Gasteiger partial charge >= 0.3 is 5.97 Å². The Labute approximate surface area is 185 Å². The molecular weight excluding hydrogens is 422 g/mol. The fourth-order valence-corrected chi connectivity index (χ4v) is 6.11. The lowest BCUT2D eigenvalue weighted by Crippen LogP contribution is -2.59. The summed E-state index contributed by atoms with van der Waals surface area (Å²) in [5.41, 5.74) is -0.0285. The van der Waals surface area contributed by atoms with Crippen LogP contribution in [0.15, 0.2) is 0 Å². The molecule has 1 saturated carbocycles. The fraction of sp³-hybridized carbons (Fsp3) is 0.905. The fourth-order valence-electron chi connectivity index (χ4n) is 4.97. The van der Waals surface area contributed by atoms with Gasteiger partial charge in [-0.2, -0.15) is 0 Å². The molecular formula is C21H37N3O6S. The SMILES string of the molecule is CCS(=O)(=O)N1CCC(C(=O)OCC(=O)NCC2(N3CCOCC3)CCCCC2)CC1. The van der Waals surface area contributed by atoms with Crippen molar-refractivity contribution in [2.75, 3.05) is 58.3 Å². The highest BCUT2D eigenvalue weighted by atomic mass is 32.2. The molecule has 2 saturated heterocycles. The van der Waals surface area contributed by atoms with Gasteiger partial charge in [0.05, 0.1) is 24.9 Å². The number of rotatable bonds is 8.